The maximum Gasteiger partial charge on any atom is 0.303 e. The molecule has 6 unspecified atom stereocenters. The molecule has 2 aromatic rings. The Morgan fingerprint density at radius 3 is 2.18 bits per heavy atom. The van der Waals surface area contributed by atoms with Gasteiger partial charge in [0.05, 0.1) is 24.9 Å². The van der Waals surface area contributed by atoms with E-state index in [9.17, 15) is 19.5 Å². The monoisotopic (exact) mass is 705 g/mol. The Morgan fingerprint density at radius 2 is 1.49 bits per heavy atom. The Bertz CT molecular complexity index is 1420. The number of carboxylic acid groups (broad SMARTS) is 1. The summed E-state index contributed by atoms with van der Waals surface area (Å²) in [6.07, 6.45) is 9.99. The topological polar surface area (TPSA) is 137 Å². The van der Waals surface area contributed by atoms with Crippen molar-refractivity contribution in [1.29, 1.82) is 0 Å². The molecule has 2 amide bonds. The number of hydrogen-bond acceptors (Lipinski definition) is 7. The molecule has 5 rings (SSSR count). The lowest BCUT2D eigenvalue weighted by Crippen LogP contribution is -2.61. The largest absolute Gasteiger partial charge is 0.481 e. The van der Waals surface area contributed by atoms with Gasteiger partial charge >= 0.3 is 5.97 Å². The van der Waals surface area contributed by atoms with Gasteiger partial charge in [-0.3, -0.25) is 19.3 Å². The van der Waals surface area contributed by atoms with E-state index in [1.165, 1.54) is 19.3 Å². The van der Waals surface area contributed by atoms with Crippen LogP contribution in [0, 0.1) is 5.92 Å². The number of aliphatic hydroxyl groups excluding tert-OH is 1. The zero-order valence-corrected chi connectivity index (χ0v) is 30.8. The molecule has 3 aliphatic rings. The number of carboxylic acids is 1. The molecule has 3 fully saturated rings. The number of ether oxygens (including phenoxy) is 2. The van der Waals surface area contributed by atoms with Crippen LogP contribution in [-0.2, 0) is 37.0 Å². The van der Waals surface area contributed by atoms with Gasteiger partial charge in [-0.05, 0) is 81.9 Å². The van der Waals surface area contributed by atoms with Crippen LogP contribution in [0.3, 0.4) is 0 Å². The van der Waals surface area contributed by atoms with Gasteiger partial charge in [0.1, 0.15) is 0 Å². The number of fused-ring (bicyclic) bond motifs is 1. The van der Waals surface area contributed by atoms with Gasteiger partial charge in [-0.2, -0.15) is 0 Å². The molecular weight excluding hydrogens is 646 g/mol. The van der Waals surface area contributed by atoms with Crippen LogP contribution in [0.25, 0.3) is 0 Å². The third-order valence-electron chi connectivity index (χ3n) is 10.6. The van der Waals surface area contributed by atoms with E-state index in [1.807, 2.05) is 69.3 Å². The minimum atomic E-state index is -0.779. The number of aliphatic carboxylic acids is 1. The first-order chi connectivity index (χ1) is 24.5. The molecule has 0 spiro atoms. The van der Waals surface area contributed by atoms with E-state index in [2.05, 4.69) is 15.5 Å². The van der Waals surface area contributed by atoms with Crippen molar-refractivity contribution in [1.82, 2.24) is 15.5 Å². The van der Waals surface area contributed by atoms with Gasteiger partial charge in [-0.1, -0.05) is 74.2 Å². The third kappa shape index (κ3) is 11.6. The fourth-order valence-corrected chi connectivity index (χ4v) is 7.99. The lowest BCUT2D eigenvalue weighted by Gasteiger charge is -2.50. The maximum absolute atomic E-state index is 13.7. The quantitative estimate of drug-likeness (QED) is 0.150. The van der Waals surface area contributed by atoms with Crippen LogP contribution < -0.4 is 10.6 Å². The lowest BCUT2D eigenvalue weighted by atomic mass is 9.75. The number of rotatable bonds is 15. The molecule has 0 radical (unpaired) electrons. The van der Waals surface area contributed by atoms with Crippen molar-refractivity contribution in [2.24, 2.45) is 5.92 Å². The zero-order valence-electron chi connectivity index (χ0n) is 30.8. The van der Waals surface area contributed by atoms with Crippen LogP contribution in [0.5, 0.6) is 0 Å². The van der Waals surface area contributed by atoms with E-state index >= 15 is 0 Å². The van der Waals surface area contributed by atoms with Crippen molar-refractivity contribution < 1.29 is 34.1 Å². The second-order valence-electron chi connectivity index (χ2n) is 15.8. The molecule has 280 valence electrons. The number of nitrogens with one attached hydrogen (secondary N) is 2. The number of hydrogen-bond donors (Lipinski definition) is 4. The molecule has 2 saturated heterocycles. The second-order valence-corrected chi connectivity index (χ2v) is 15.8. The normalized spacial score (nSPS) is 25.5. The van der Waals surface area contributed by atoms with E-state index in [-0.39, 0.29) is 48.6 Å². The molecule has 2 aromatic carbocycles. The van der Waals surface area contributed by atoms with Gasteiger partial charge in [0.2, 0.25) is 11.8 Å². The van der Waals surface area contributed by atoms with Crippen LogP contribution in [0.15, 0.2) is 48.5 Å². The SMILES string of the molecule is CC(C)(C)NC(=O)C1CCC2CCCCC2N1CC1CC(c2ccc(CO)cc2)OC(c2ccc(CNC(=O)CCCCCCC(=O)O)cc2)O1. The highest BCUT2D eigenvalue weighted by atomic mass is 16.7. The molecule has 4 N–H and O–H groups in total. The first-order valence-corrected chi connectivity index (χ1v) is 19.1. The van der Waals surface area contributed by atoms with E-state index in [1.54, 1.807) is 0 Å². The first-order valence-electron chi connectivity index (χ1n) is 19.1. The molecule has 6 atom stereocenters. The summed E-state index contributed by atoms with van der Waals surface area (Å²) in [5, 5.41) is 24.7. The third-order valence-corrected chi connectivity index (χ3v) is 10.6. The first kappa shape index (κ1) is 38.9. The number of aliphatic hydroxyl groups is 1. The molecule has 0 aromatic heterocycles. The number of piperidine rings is 1. The average molecular weight is 706 g/mol. The van der Waals surface area contributed by atoms with Gasteiger partial charge < -0.3 is 30.3 Å². The number of benzene rings is 2. The van der Waals surface area contributed by atoms with Crippen LogP contribution in [0.2, 0.25) is 0 Å². The molecule has 10 nitrogen and oxygen atoms in total. The standard InChI is InChI=1S/C41H59N3O7/c1-41(2,3)43-39(49)35-23-22-30-10-8-9-11-34(30)44(35)26-33-24-36(31-18-16-29(27-45)17-19-31)51-40(50-33)32-20-14-28(15-21-32)25-42-37(46)12-6-4-5-7-13-38(47)48/h14-21,30,33-36,40,45H,4-13,22-27H2,1-3H3,(H,42,46)(H,43,49)(H,47,48). The minimum absolute atomic E-state index is 0.0124. The number of unbranched alkanes of at least 4 members (excludes halogenated alkanes) is 3. The van der Waals surface area contributed by atoms with Gasteiger partial charge in [0.15, 0.2) is 6.29 Å². The summed E-state index contributed by atoms with van der Waals surface area (Å²) in [5.74, 6) is -0.0861. The molecular formula is C41H59N3O7. The maximum atomic E-state index is 13.7. The molecule has 2 aliphatic heterocycles. The van der Waals surface area contributed by atoms with Gasteiger partial charge in [-0.15, -0.1) is 0 Å². The van der Waals surface area contributed by atoms with Gasteiger partial charge in [-0.25, -0.2) is 0 Å². The summed E-state index contributed by atoms with van der Waals surface area (Å²) in [6, 6.07) is 16.1. The van der Waals surface area contributed by atoms with Crippen LogP contribution in [0.1, 0.15) is 139 Å². The Hall–Kier alpha value is -3.31. The van der Waals surface area contributed by atoms with Crippen molar-refractivity contribution in [3.05, 3.63) is 70.8 Å². The smallest absolute Gasteiger partial charge is 0.303 e. The van der Waals surface area contributed by atoms with Crippen LogP contribution in [0.4, 0.5) is 0 Å². The van der Waals surface area contributed by atoms with Crippen molar-refractivity contribution in [3.8, 4) is 0 Å². The predicted molar refractivity (Wildman–Crippen MR) is 195 cm³/mol. The van der Waals surface area contributed by atoms with E-state index in [0.29, 0.717) is 44.3 Å². The number of carbonyl (C=O) groups is 3. The van der Waals surface area contributed by atoms with Crippen molar-refractivity contribution in [2.75, 3.05) is 6.54 Å². The molecule has 2 heterocycles. The summed E-state index contributed by atoms with van der Waals surface area (Å²) < 4.78 is 13.4. The summed E-state index contributed by atoms with van der Waals surface area (Å²) in [5.41, 5.74) is 3.44. The Kier molecular flexibility index (Phi) is 14.1. The molecule has 10 heteroatoms. The Labute approximate surface area is 303 Å². The lowest BCUT2D eigenvalue weighted by molar-refractivity contribution is -0.255. The molecule has 1 aliphatic carbocycles. The predicted octanol–water partition coefficient (Wildman–Crippen LogP) is 6.70. The highest BCUT2D eigenvalue weighted by molar-refractivity contribution is 5.82. The van der Waals surface area contributed by atoms with E-state index in [0.717, 1.165) is 60.8 Å². The second kappa shape index (κ2) is 18.4. The summed E-state index contributed by atoms with van der Waals surface area (Å²) in [6.45, 7) is 7.16. The van der Waals surface area contributed by atoms with Crippen LogP contribution in [-0.4, -0.2) is 63.2 Å². The van der Waals surface area contributed by atoms with Crippen molar-refractivity contribution in [3.63, 3.8) is 0 Å². The number of carbonyl (C=O) groups excluding carboxylic acids is 2. The van der Waals surface area contributed by atoms with E-state index < -0.39 is 12.3 Å². The molecule has 0 bridgehead atoms. The van der Waals surface area contributed by atoms with E-state index in [4.69, 9.17) is 14.6 Å². The summed E-state index contributed by atoms with van der Waals surface area (Å²) in [4.78, 5) is 39.3. The zero-order chi connectivity index (χ0) is 36.4. The number of amides is 2. The Morgan fingerprint density at radius 1 is 0.824 bits per heavy atom. The fourth-order valence-electron chi connectivity index (χ4n) is 7.99. The van der Waals surface area contributed by atoms with Gasteiger partial charge in [0, 0.05) is 49.5 Å². The highest BCUT2D eigenvalue weighted by Gasteiger charge is 2.44. The number of nitrogens with zero attached hydrogens (tertiary/aromatic N) is 1. The highest BCUT2D eigenvalue weighted by Crippen LogP contribution is 2.42. The summed E-state index contributed by atoms with van der Waals surface area (Å²) in [7, 11) is 0. The average Bonchev–Trinajstić information content (AvgIpc) is 3.11. The fraction of sp³-hybridized carbons (Fsp3) is 0.634. The summed E-state index contributed by atoms with van der Waals surface area (Å²) >= 11 is 0. The molecule has 51 heavy (non-hydrogen) atoms. The Balaban J connectivity index is 1.27. The van der Waals surface area contributed by atoms with Crippen molar-refractivity contribution in [2.45, 2.75) is 154 Å². The number of likely N-dealkylation sites (tertiary alicyclic amines) is 1. The van der Waals surface area contributed by atoms with Crippen molar-refractivity contribution >= 4 is 17.8 Å². The van der Waals surface area contributed by atoms with Gasteiger partial charge in [0.25, 0.3) is 0 Å². The molecule has 1 saturated carbocycles. The van der Waals surface area contributed by atoms with Crippen LogP contribution >= 0.6 is 0 Å². The minimum Gasteiger partial charge on any atom is -0.481 e.